The van der Waals surface area contributed by atoms with Gasteiger partial charge < -0.3 is 15.0 Å². The Kier molecular flexibility index (Phi) is 7.48. The van der Waals surface area contributed by atoms with Crippen molar-refractivity contribution < 1.29 is 14.3 Å². The molecule has 1 N–H and O–H groups in total. The first-order valence-corrected chi connectivity index (χ1v) is 8.78. The molecule has 0 aromatic heterocycles. The fourth-order valence-corrected chi connectivity index (χ4v) is 2.53. The molecule has 0 aliphatic carbocycles. The van der Waals surface area contributed by atoms with E-state index in [4.69, 9.17) is 16.3 Å². The molecular formula is C20H23ClN2O3. The molecule has 2 amide bonds. The van der Waals surface area contributed by atoms with Crippen molar-refractivity contribution in [2.75, 3.05) is 19.7 Å². The quantitative estimate of drug-likeness (QED) is 0.772. The second kappa shape index (κ2) is 9.82. The Bertz CT molecular complexity index is 747. The molecule has 0 aliphatic heterocycles. The SMILES string of the molecule is CC(=O)N(CCNC(=O)COc1ccc(Cl)cc1)Cc1ccccc1C. The van der Waals surface area contributed by atoms with E-state index >= 15 is 0 Å². The van der Waals surface area contributed by atoms with E-state index in [9.17, 15) is 9.59 Å². The maximum absolute atomic E-state index is 11.9. The number of aryl methyl sites for hydroxylation is 1. The molecule has 0 bridgehead atoms. The van der Waals surface area contributed by atoms with Crippen molar-refractivity contribution >= 4 is 23.4 Å². The van der Waals surface area contributed by atoms with Gasteiger partial charge in [-0.15, -0.1) is 0 Å². The van der Waals surface area contributed by atoms with Gasteiger partial charge in [-0.05, 0) is 42.3 Å². The molecule has 0 aliphatic rings. The summed E-state index contributed by atoms with van der Waals surface area (Å²) in [5.74, 6) is 0.314. The second-order valence-corrected chi connectivity index (χ2v) is 6.40. The summed E-state index contributed by atoms with van der Waals surface area (Å²) < 4.78 is 5.39. The van der Waals surface area contributed by atoms with Crippen molar-refractivity contribution in [2.45, 2.75) is 20.4 Å². The molecule has 138 valence electrons. The molecule has 0 unspecified atom stereocenters. The van der Waals surface area contributed by atoms with Gasteiger partial charge in [-0.1, -0.05) is 35.9 Å². The van der Waals surface area contributed by atoms with Crippen molar-refractivity contribution in [2.24, 2.45) is 0 Å². The Hall–Kier alpha value is -2.53. The molecule has 0 atom stereocenters. The van der Waals surface area contributed by atoms with E-state index in [2.05, 4.69) is 5.32 Å². The molecule has 5 nitrogen and oxygen atoms in total. The zero-order valence-corrected chi connectivity index (χ0v) is 15.8. The maximum Gasteiger partial charge on any atom is 0.258 e. The molecule has 2 rings (SSSR count). The van der Waals surface area contributed by atoms with Crippen LogP contribution in [-0.4, -0.2) is 36.4 Å². The van der Waals surface area contributed by atoms with Gasteiger partial charge in [0.25, 0.3) is 5.91 Å². The zero-order valence-electron chi connectivity index (χ0n) is 15.0. The smallest absolute Gasteiger partial charge is 0.258 e. The number of hydrogen-bond acceptors (Lipinski definition) is 3. The largest absolute Gasteiger partial charge is 0.484 e. The number of hydrogen-bond donors (Lipinski definition) is 1. The molecule has 0 radical (unpaired) electrons. The van der Waals surface area contributed by atoms with Gasteiger partial charge in [0.2, 0.25) is 5.91 Å². The topological polar surface area (TPSA) is 58.6 Å². The van der Waals surface area contributed by atoms with Gasteiger partial charge in [0.1, 0.15) is 5.75 Å². The number of rotatable bonds is 8. The molecular weight excluding hydrogens is 352 g/mol. The monoisotopic (exact) mass is 374 g/mol. The van der Waals surface area contributed by atoms with Crippen LogP contribution < -0.4 is 10.1 Å². The number of nitrogens with one attached hydrogen (secondary N) is 1. The fourth-order valence-electron chi connectivity index (χ4n) is 2.40. The predicted molar refractivity (Wildman–Crippen MR) is 102 cm³/mol. The molecule has 0 heterocycles. The van der Waals surface area contributed by atoms with Gasteiger partial charge in [-0.3, -0.25) is 9.59 Å². The first-order valence-electron chi connectivity index (χ1n) is 8.41. The van der Waals surface area contributed by atoms with E-state index in [1.54, 1.807) is 29.2 Å². The van der Waals surface area contributed by atoms with Crippen LogP contribution in [0.3, 0.4) is 0 Å². The van der Waals surface area contributed by atoms with E-state index in [1.807, 2.05) is 31.2 Å². The lowest BCUT2D eigenvalue weighted by Gasteiger charge is -2.22. The van der Waals surface area contributed by atoms with E-state index in [-0.39, 0.29) is 18.4 Å². The highest BCUT2D eigenvalue weighted by Gasteiger charge is 2.11. The number of halogens is 1. The van der Waals surface area contributed by atoms with Gasteiger partial charge in [-0.25, -0.2) is 0 Å². The average molecular weight is 375 g/mol. The minimum Gasteiger partial charge on any atom is -0.484 e. The maximum atomic E-state index is 11.9. The van der Waals surface area contributed by atoms with Crippen molar-refractivity contribution in [1.29, 1.82) is 0 Å². The van der Waals surface area contributed by atoms with Crippen LogP contribution in [0.15, 0.2) is 48.5 Å². The molecule has 0 fully saturated rings. The van der Waals surface area contributed by atoms with Crippen molar-refractivity contribution in [1.82, 2.24) is 10.2 Å². The minimum atomic E-state index is -0.237. The van der Waals surface area contributed by atoms with Crippen LogP contribution in [0, 0.1) is 6.92 Å². The molecule has 0 saturated carbocycles. The zero-order chi connectivity index (χ0) is 18.9. The standard InChI is InChI=1S/C20H23ClN2O3/c1-15-5-3-4-6-17(15)13-23(16(2)24)12-11-22-20(25)14-26-19-9-7-18(21)8-10-19/h3-10H,11-14H2,1-2H3,(H,22,25). The third-order valence-electron chi connectivity index (χ3n) is 3.96. The summed E-state index contributed by atoms with van der Waals surface area (Å²) in [6, 6.07) is 14.8. The van der Waals surface area contributed by atoms with Crippen LogP contribution in [0.1, 0.15) is 18.1 Å². The van der Waals surface area contributed by atoms with Gasteiger partial charge in [0.15, 0.2) is 6.61 Å². The highest BCUT2D eigenvalue weighted by Crippen LogP contribution is 2.15. The van der Waals surface area contributed by atoms with Crippen LogP contribution in [0.25, 0.3) is 0 Å². The summed E-state index contributed by atoms with van der Waals surface area (Å²) in [7, 11) is 0. The van der Waals surface area contributed by atoms with Crippen LogP contribution >= 0.6 is 11.6 Å². The number of carbonyl (C=O) groups is 2. The summed E-state index contributed by atoms with van der Waals surface area (Å²) in [5, 5.41) is 3.38. The van der Waals surface area contributed by atoms with E-state index in [1.165, 1.54) is 6.92 Å². The van der Waals surface area contributed by atoms with Crippen LogP contribution in [0.4, 0.5) is 0 Å². The second-order valence-electron chi connectivity index (χ2n) is 5.96. The summed E-state index contributed by atoms with van der Waals surface area (Å²) in [6.45, 7) is 4.80. The minimum absolute atomic E-state index is 0.0279. The van der Waals surface area contributed by atoms with Crippen molar-refractivity contribution in [3.63, 3.8) is 0 Å². The predicted octanol–water partition coefficient (Wildman–Crippen LogP) is 3.19. The average Bonchev–Trinajstić information content (AvgIpc) is 2.62. The summed E-state index contributed by atoms with van der Waals surface area (Å²) in [6.07, 6.45) is 0. The first-order chi connectivity index (χ1) is 12.5. The third-order valence-corrected chi connectivity index (χ3v) is 4.21. The van der Waals surface area contributed by atoms with Gasteiger partial charge >= 0.3 is 0 Å². The Labute approximate surface area is 158 Å². The molecule has 2 aromatic carbocycles. The molecule has 0 spiro atoms. The fraction of sp³-hybridized carbons (Fsp3) is 0.300. The number of nitrogens with zero attached hydrogens (tertiary/aromatic N) is 1. The Morgan fingerprint density at radius 2 is 1.81 bits per heavy atom. The van der Waals surface area contributed by atoms with Crippen molar-refractivity contribution in [3.8, 4) is 5.75 Å². The Morgan fingerprint density at radius 1 is 1.12 bits per heavy atom. The van der Waals surface area contributed by atoms with Gasteiger partial charge in [0.05, 0.1) is 0 Å². The van der Waals surface area contributed by atoms with Gasteiger partial charge in [0, 0.05) is 31.6 Å². The summed E-state index contributed by atoms with van der Waals surface area (Å²) in [5.41, 5.74) is 2.24. The Morgan fingerprint density at radius 3 is 2.46 bits per heavy atom. The van der Waals surface area contributed by atoms with Crippen LogP contribution in [-0.2, 0) is 16.1 Å². The van der Waals surface area contributed by atoms with Crippen LogP contribution in [0.5, 0.6) is 5.75 Å². The molecule has 6 heteroatoms. The molecule has 2 aromatic rings. The van der Waals surface area contributed by atoms with E-state index in [0.717, 1.165) is 11.1 Å². The van der Waals surface area contributed by atoms with E-state index < -0.39 is 0 Å². The highest BCUT2D eigenvalue weighted by atomic mass is 35.5. The number of benzene rings is 2. The summed E-state index contributed by atoms with van der Waals surface area (Å²) in [4.78, 5) is 25.4. The highest BCUT2D eigenvalue weighted by molar-refractivity contribution is 6.30. The number of ether oxygens (including phenoxy) is 1. The first kappa shape index (κ1) is 19.8. The number of carbonyl (C=O) groups excluding carboxylic acids is 2. The van der Waals surface area contributed by atoms with Crippen molar-refractivity contribution in [3.05, 3.63) is 64.7 Å². The van der Waals surface area contributed by atoms with Gasteiger partial charge in [-0.2, -0.15) is 0 Å². The molecule has 0 saturated heterocycles. The Balaban J connectivity index is 1.76. The van der Waals surface area contributed by atoms with Crippen LogP contribution in [0.2, 0.25) is 5.02 Å². The number of amides is 2. The van der Waals surface area contributed by atoms with E-state index in [0.29, 0.717) is 30.4 Å². The lowest BCUT2D eigenvalue weighted by molar-refractivity contribution is -0.130. The normalized spacial score (nSPS) is 10.3. The summed E-state index contributed by atoms with van der Waals surface area (Å²) >= 11 is 5.80. The lowest BCUT2D eigenvalue weighted by atomic mass is 10.1. The third kappa shape index (κ3) is 6.41. The lowest BCUT2D eigenvalue weighted by Crippen LogP contribution is -2.38. The molecule has 26 heavy (non-hydrogen) atoms.